The molecule has 144 valence electrons. The van der Waals surface area contributed by atoms with E-state index in [-0.39, 0.29) is 4.90 Å². The molecule has 9 heteroatoms. The Morgan fingerprint density at radius 2 is 1.89 bits per heavy atom. The molecule has 2 aliphatic heterocycles. The van der Waals surface area contributed by atoms with E-state index >= 15 is 0 Å². The summed E-state index contributed by atoms with van der Waals surface area (Å²) in [5.74, 6) is 2.22. The number of sulfonamides is 1. The molecular weight excluding hydrogens is 368 g/mol. The summed E-state index contributed by atoms with van der Waals surface area (Å²) in [4.78, 5) is 10.8. The Hall–Kier alpha value is -2.39. The van der Waals surface area contributed by atoms with Gasteiger partial charge in [-0.2, -0.15) is 0 Å². The Kier molecular flexibility index (Phi) is 5.13. The number of fused-ring (bicyclic) bond motifs is 1. The van der Waals surface area contributed by atoms with Gasteiger partial charge in [-0.15, -0.1) is 0 Å². The summed E-state index contributed by atoms with van der Waals surface area (Å²) < 4.78 is 38.9. The van der Waals surface area contributed by atoms with E-state index in [9.17, 15) is 8.42 Å². The van der Waals surface area contributed by atoms with Gasteiger partial charge < -0.3 is 14.4 Å². The summed E-state index contributed by atoms with van der Waals surface area (Å²) in [7, 11) is -3.58. The van der Waals surface area contributed by atoms with Crippen molar-refractivity contribution in [3.63, 3.8) is 0 Å². The third kappa shape index (κ3) is 4.14. The molecular formula is C18H22N4O4S. The molecule has 1 N–H and O–H groups in total. The number of rotatable bonds is 5. The van der Waals surface area contributed by atoms with E-state index < -0.39 is 10.0 Å². The largest absolute Gasteiger partial charge is 0.486 e. The van der Waals surface area contributed by atoms with Crippen LogP contribution in [0.1, 0.15) is 12.8 Å². The lowest BCUT2D eigenvalue weighted by molar-refractivity contribution is 0.171. The van der Waals surface area contributed by atoms with Gasteiger partial charge in [0.05, 0.1) is 11.1 Å². The lowest BCUT2D eigenvalue weighted by atomic mass is 9.97. The Bertz CT molecular complexity index is 883. The van der Waals surface area contributed by atoms with Crippen molar-refractivity contribution in [3.8, 4) is 11.5 Å². The molecule has 0 saturated carbocycles. The summed E-state index contributed by atoms with van der Waals surface area (Å²) in [5, 5.41) is 0. The maximum atomic E-state index is 12.6. The minimum atomic E-state index is -3.58. The fourth-order valence-corrected chi connectivity index (χ4v) is 4.45. The second kappa shape index (κ2) is 7.69. The number of piperidine rings is 1. The van der Waals surface area contributed by atoms with E-state index in [4.69, 9.17) is 9.47 Å². The number of ether oxygens (including phenoxy) is 2. The van der Waals surface area contributed by atoms with Crippen molar-refractivity contribution in [2.24, 2.45) is 5.92 Å². The monoisotopic (exact) mass is 390 g/mol. The Labute approximate surface area is 158 Å². The molecule has 2 aliphatic rings. The van der Waals surface area contributed by atoms with Crippen molar-refractivity contribution in [1.29, 1.82) is 0 Å². The zero-order valence-electron chi connectivity index (χ0n) is 14.9. The smallest absolute Gasteiger partial charge is 0.240 e. The Balaban J connectivity index is 1.33. The molecule has 0 spiro atoms. The van der Waals surface area contributed by atoms with Gasteiger partial charge in [0.15, 0.2) is 11.5 Å². The van der Waals surface area contributed by atoms with E-state index in [0.29, 0.717) is 37.2 Å². The van der Waals surface area contributed by atoms with Gasteiger partial charge in [-0.25, -0.2) is 18.1 Å². The predicted octanol–water partition coefficient (Wildman–Crippen LogP) is 1.44. The van der Waals surface area contributed by atoms with E-state index in [1.54, 1.807) is 30.7 Å². The van der Waals surface area contributed by atoms with Gasteiger partial charge in [-0.1, -0.05) is 0 Å². The molecule has 1 aromatic heterocycles. The van der Waals surface area contributed by atoms with Crippen LogP contribution in [-0.2, 0) is 10.0 Å². The standard InChI is InChI=1S/C18H22N4O4S/c23-27(24,15-1-2-16-17(11-15)26-10-9-25-16)21-12-14-3-7-22(8-4-14)18-13-19-5-6-20-18/h1-2,5-6,11,13-14,21H,3-4,7-10,12H2. The molecule has 27 heavy (non-hydrogen) atoms. The van der Waals surface area contributed by atoms with E-state index in [1.807, 2.05) is 0 Å². The van der Waals surface area contributed by atoms with Crippen LogP contribution in [0.5, 0.6) is 11.5 Å². The highest BCUT2D eigenvalue weighted by atomic mass is 32.2. The van der Waals surface area contributed by atoms with Crippen LogP contribution in [0.2, 0.25) is 0 Å². The lowest BCUT2D eigenvalue weighted by Gasteiger charge is -2.32. The zero-order valence-corrected chi connectivity index (χ0v) is 15.7. The molecule has 8 nitrogen and oxygen atoms in total. The predicted molar refractivity (Wildman–Crippen MR) is 99.6 cm³/mol. The minimum absolute atomic E-state index is 0.198. The van der Waals surface area contributed by atoms with Gasteiger partial charge >= 0.3 is 0 Å². The Morgan fingerprint density at radius 3 is 2.63 bits per heavy atom. The molecule has 1 fully saturated rings. The first-order valence-electron chi connectivity index (χ1n) is 9.02. The summed E-state index contributed by atoms with van der Waals surface area (Å²) in [6.45, 7) is 3.01. The number of benzene rings is 1. The molecule has 0 bridgehead atoms. The molecule has 0 radical (unpaired) electrons. The molecule has 4 rings (SSSR count). The number of nitrogens with zero attached hydrogens (tertiary/aromatic N) is 3. The number of aromatic nitrogens is 2. The van der Waals surface area contributed by atoms with Crippen molar-refractivity contribution in [3.05, 3.63) is 36.8 Å². The van der Waals surface area contributed by atoms with Gasteiger partial charge in [0.1, 0.15) is 19.0 Å². The molecule has 1 saturated heterocycles. The topological polar surface area (TPSA) is 93.7 Å². The van der Waals surface area contributed by atoms with Crippen LogP contribution >= 0.6 is 0 Å². The van der Waals surface area contributed by atoms with Gasteiger partial charge in [0.2, 0.25) is 10.0 Å². The molecule has 1 aromatic carbocycles. The van der Waals surface area contributed by atoms with Crippen molar-refractivity contribution < 1.29 is 17.9 Å². The second-order valence-electron chi connectivity index (χ2n) is 6.65. The van der Waals surface area contributed by atoms with Crippen molar-refractivity contribution in [2.45, 2.75) is 17.7 Å². The normalized spacial score (nSPS) is 17.7. The van der Waals surface area contributed by atoms with Crippen LogP contribution in [0.15, 0.2) is 41.7 Å². The Morgan fingerprint density at radius 1 is 1.11 bits per heavy atom. The van der Waals surface area contributed by atoms with Crippen LogP contribution < -0.4 is 19.1 Å². The van der Waals surface area contributed by atoms with Gasteiger partial charge in [0.25, 0.3) is 0 Å². The highest BCUT2D eigenvalue weighted by Gasteiger charge is 2.24. The van der Waals surface area contributed by atoms with Gasteiger partial charge in [0, 0.05) is 38.1 Å². The number of hydrogen-bond acceptors (Lipinski definition) is 7. The first kappa shape index (κ1) is 18.0. The molecule has 0 unspecified atom stereocenters. The molecule has 0 amide bonds. The number of nitrogens with one attached hydrogen (secondary N) is 1. The van der Waals surface area contributed by atoms with E-state index in [0.717, 1.165) is 31.7 Å². The summed E-state index contributed by atoms with van der Waals surface area (Å²) in [6, 6.07) is 4.71. The van der Waals surface area contributed by atoms with E-state index in [1.165, 1.54) is 6.07 Å². The average molecular weight is 390 g/mol. The van der Waals surface area contributed by atoms with Crippen molar-refractivity contribution in [1.82, 2.24) is 14.7 Å². The van der Waals surface area contributed by atoms with Gasteiger partial charge in [-0.3, -0.25) is 4.98 Å². The fourth-order valence-electron chi connectivity index (χ4n) is 3.32. The highest BCUT2D eigenvalue weighted by molar-refractivity contribution is 7.89. The molecule has 0 aliphatic carbocycles. The molecule has 2 aromatic rings. The first-order valence-corrected chi connectivity index (χ1v) is 10.5. The maximum Gasteiger partial charge on any atom is 0.240 e. The minimum Gasteiger partial charge on any atom is -0.486 e. The third-order valence-corrected chi connectivity index (χ3v) is 6.30. The SMILES string of the molecule is O=S(=O)(NCC1CCN(c2cnccn2)CC1)c1ccc2c(c1)OCCO2. The molecule has 3 heterocycles. The summed E-state index contributed by atoms with van der Waals surface area (Å²) in [6.07, 6.45) is 6.90. The third-order valence-electron chi connectivity index (χ3n) is 4.87. The number of hydrogen-bond donors (Lipinski definition) is 1. The fraction of sp³-hybridized carbons (Fsp3) is 0.444. The second-order valence-corrected chi connectivity index (χ2v) is 8.42. The highest BCUT2D eigenvalue weighted by Crippen LogP contribution is 2.32. The van der Waals surface area contributed by atoms with Crippen molar-refractivity contribution in [2.75, 3.05) is 37.7 Å². The molecule has 0 atom stereocenters. The van der Waals surface area contributed by atoms with Crippen LogP contribution in [0.25, 0.3) is 0 Å². The summed E-state index contributed by atoms with van der Waals surface area (Å²) in [5.41, 5.74) is 0. The van der Waals surface area contributed by atoms with Crippen LogP contribution in [-0.4, -0.2) is 51.2 Å². The lowest BCUT2D eigenvalue weighted by Crippen LogP contribution is -2.39. The zero-order chi connectivity index (χ0) is 18.7. The van der Waals surface area contributed by atoms with E-state index in [2.05, 4.69) is 19.6 Å². The summed E-state index contributed by atoms with van der Waals surface area (Å²) >= 11 is 0. The van der Waals surface area contributed by atoms with Crippen molar-refractivity contribution >= 4 is 15.8 Å². The number of anilines is 1. The quantitative estimate of drug-likeness (QED) is 0.826. The maximum absolute atomic E-state index is 12.6. The van der Waals surface area contributed by atoms with Crippen LogP contribution in [0, 0.1) is 5.92 Å². The van der Waals surface area contributed by atoms with Crippen LogP contribution in [0.4, 0.5) is 5.82 Å². The average Bonchev–Trinajstić information content (AvgIpc) is 2.73. The van der Waals surface area contributed by atoms with Gasteiger partial charge in [-0.05, 0) is 30.9 Å². The first-order chi connectivity index (χ1) is 13.1. The van der Waals surface area contributed by atoms with Crippen LogP contribution in [0.3, 0.4) is 0 Å².